The Labute approximate surface area is 163 Å². The first-order valence-corrected chi connectivity index (χ1v) is 10.4. The van der Waals surface area contributed by atoms with Crippen LogP contribution in [-0.4, -0.2) is 69.1 Å². The summed E-state index contributed by atoms with van der Waals surface area (Å²) in [7, 11) is 0. The zero-order chi connectivity index (χ0) is 20.5. The van der Waals surface area contributed by atoms with Gasteiger partial charge in [-0.1, -0.05) is 71.1 Å². The Bertz CT molecular complexity index is 351. The number of carbonyl (C=O) groups is 1. The third-order valence-corrected chi connectivity index (χ3v) is 4.72. The van der Waals surface area contributed by atoms with Gasteiger partial charge in [0.05, 0.1) is 6.61 Å². The van der Waals surface area contributed by atoms with Crippen LogP contribution in [0.4, 0.5) is 0 Å². The first-order chi connectivity index (χ1) is 12.9. The van der Waals surface area contributed by atoms with E-state index in [4.69, 9.17) is 9.84 Å². The fourth-order valence-electron chi connectivity index (χ4n) is 2.85. The van der Waals surface area contributed by atoms with Crippen molar-refractivity contribution in [3.63, 3.8) is 0 Å². The minimum atomic E-state index is -1.71. The molecule has 0 aromatic heterocycles. The van der Waals surface area contributed by atoms with Crippen LogP contribution in [0.15, 0.2) is 0 Å². The Balaban J connectivity index is 3.58. The summed E-state index contributed by atoms with van der Waals surface area (Å²) in [5.74, 6) is -0.464. The Morgan fingerprint density at radius 1 is 0.741 bits per heavy atom. The summed E-state index contributed by atoms with van der Waals surface area (Å²) in [4.78, 5) is 11.6. The van der Waals surface area contributed by atoms with Gasteiger partial charge >= 0.3 is 5.97 Å². The molecule has 0 aromatic rings. The van der Waals surface area contributed by atoms with E-state index < -0.39 is 43.6 Å². The lowest BCUT2D eigenvalue weighted by atomic mass is 10.0. The van der Waals surface area contributed by atoms with Crippen molar-refractivity contribution in [1.82, 2.24) is 0 Å². The number of rotatable bonds is 18. The summed E-state index contributed by atoms with van der Waals surface area (Å²) in [6.45, 7) is 1.01. The normalized spacial score (nSPS) is 15.9. The number of esters is 1. The van der Waals surface area contributed by atoms with E-state index in [2.05, 4.69) is 6.92 Å². The van der Waals surface area contributed by atoms with Gasteiger partial charge in [0.15, 0.2) is 0 Å². The minimum absolute atomic E-state index is 0.252. The van der Waals surface area contributed by atoms with Crippen LogP contribution in [0.2, 0.25) is 0 Å². The maximum atomic E-state index is 11.6. The van der Waals surface area contributed by atoms with Crippen LogP contribution in [0.25, 0.3) is 0 Å². The van der Waals surface area contributed by atoms with Gasteiger partial charge < -0.3 is 30.3 Å². The molecule has 0 aliphatic heterocycles. The van der Waals surface area contributed by atoms with Crippen molar-refractivity contribution in [3.8, 4) is 0 Å². The molecule has 4 atom stereocenters. The molecule has 0 bridgehead atoms. The highest BCUT2D eigenvalue weighted by molar-refractivity contribution is 5.69. The third kappa shape index (κ3) is 14.0. The second kappa shape index (κ2) is 17.4. The van der Waals surface area contributed by atoms with E-state index in [-0.39, 0.29) is 6.42 Å². The molecule has 5 N–H and O–H groups in total. The molecule has 0 saturated carbocycles. The highest BCUT2D eigenvalue weighted by atomic mass is 16.5. The molecular weight excluding hydrogens is 352 g/mol. The molecule has 0 aliphatic carbocycles. The predicted octanol–water partition coefficient (Wildman–Crippen LogP) is 1.67. The van der Waals surface area contributed by atoms with Crippen molar-refractivity contribution in [3.05, 3.63) is 0 Å². The molecule has 0 rings (SSSR count). The maximum Gasteiger partial charge on any atom is 0.305 e. The molecule has 27 heavy (non-hydrogen) atoms. The third-order valence-electron chi connectivity index (χ3n) is 4.72. The largest absolute Gasteiger partial charge is 0.463 e. The number of carbonyl (C=O) groups excluding carboxylic acids is 1. The first-order valence-electron chi connectivity index (χ1n) is 10.4. The molecule has 7 heteroatoms. The van der Waals surface area contributed by atoms with Crippen LogP contribution < -0.4 is 0 Å². The summed E-state index contributed by atoms with van der Waals surface area (Å²) in [5.41, 5.74) is 0. The van der Waals surface area contributed by atoms with E-state index in [1.165, 1.54) is 51.4 Å². The number of aliphatic hydroxyl groups excluding tert-OH is 5. The Morgan fingerprint density at radius 3 is 1.67 bits per heavy atom. The van der Waals surface area contributed by atoms with Crippen LogP contribution in [0.3, 0.4) is 0 Å². The molecule has 7 nitrogen and oxygen atoms in total. The molecular formula is C20H40O7. The first kappa shape index (κ1) is 26.3. The molecule has 162 valence electrons. The standard InChI is InChI=1S/C20H40O7/c1-2-3-4-5-6-7-8-9-10-11-12-13-18(24)27-15-17(23)20(26)19(25)16(22)14-21/h16-17,19-23,25-26H,2-15H2,1H3/t16-,17+,19-,20-/m1/s1. The zero-order valence-electron chi connectivity index (χ0n) is 16.8. The Kier molecular flexibility index (Phi) is 16.9. The van der Waals surface area contributed by atoms with Gasteiger partial charge in [0, 0.05) is 6.42 Å². The molecule has 0 unspecified atom stereocenters. The second-order valence-corrected chi connectivity index (χ2v) is 7.27. The number of unbranched alkanes of at least 4 members (excludes halogenated alkanes) is 10. The van der Waals surface area contributed by atoms with E-state index in [0.717, 1.165) is 19.3 Å². The van der Waals surface area contributed by atoms with Crippen LogP contribution in [0.1, 0.15) is 84.0 Å². The fraction of sp³-hybridized carbons (Fsp3) is 0.950. The number of ether oxygens (including phenoxy) is 1. The van der Waals surface area contributed by atoms with E-state index in [9.17, 15) is 25.2 Å². The summed E-state index contributed by atoms with van der Waals surface area (Å²) in [6, 6.07) is 0. The van der Waals surface area contributed by atoms with Crippen LogP contribution in [0.5, 0.6) is 0 Å². The van der Waals surface area contributed by atoms with Crippen molar-refractivity contribution >= 4 is 5.97 Å². The lowest BCUT2D eigenvalue weighted by molar-refractivity contribution is -0.156. The van der Waals surface area contributed by atoms with E-state index >= 15 is 0 Å². The van der Waals surface area contributed by atoms with Gasteiger partial charge in [-0.25, -0.2) is 0 Å². The van der Waals surface area contributed by atoms with Crippen molar-refractivity contribution in [2.75, 3.05) is 13.2 Å². The highest BCUT2D eigenvalue weighted by Gasteiger charge is 2.30. The topological polar surface area (TPSA) is 127 Å². The Morgan fingerprint density at radius 2 is 1.19 bits per heavy atom. The lowest BCUT2D eigenvalue weighted by Gasteiger charge is -2.25. The quantitative estimate of drug-likeness (QED) is 0.177. The van der Waals surface area contributed by atoms with Gasteiger partial charge in [-0.15, -0.1) is 0 Å². The van der Waals surface area contributed by atoms with Crippen LogP contribution in [0, 0.1) is 0 Å². The lowest BCUT2D eigenvalue weighted by Crippen LogP contribution is -2.47. The minimum Gasteiger partial charge on any atom is -0.463 e. The summed E-state index contributed by atoms with van der Waals surface area (Å²) in [5, 5.41) is 46.7. The van der Waals surface area contributed by atoms with Gasteiger partial charge in [0.2, 0.25) is 0 Å². The smallest absolute Gasteiger partial charge is 0.305 e. The predicted molar refractivity (Wildman–Crippen MR) is 103 cm³/mol. The molecule has 0 aliphatic rings. The van der Waals surface area contributed by atoms with Gasteiger partial charge in [0.1, 0.15) is 31.0 Å². The second-order valence-electron chi connectivity index (χ2n) is 7.27. The summed E-state index contributed by atoms with van der Waals surface area (Å²) >= 11 is 0. The molecule has 0 spiro atoms. The molecule has 0 aromatic carbocycles. The van der Waals surface area contributed by atoms with Crippen molar-refractivity contribution in [2.45, 2.75) is 108 Å². The van der Waals surface area contributed by atoms with Gasteiger partial charge in [-0.05, 0) is 6.42 Å². The Hall–Kier alpha value is -0.730. The summed E-state index contributed by atoms with van der Waals surface area (Å²) in [6.07, 6.45) is 6.79. The SMILES string of the molecule is CCCCCCCCCCCCCC(=O)OC[C@H](O)[C@@H](O)[C@H](O)[C@H](O)CO. The molecule has 0 fully saturated rings. The summed E-state index contributed by atoms with van der Waals surface area (Å²) < 4.78 is 4.88. The average Bonchev–Trinajstić information content (AvgIpc) is 2.68. The van der Waals surface area contributed by atoms with Crippen LogP contribution >= 0.6 is 0 Å². The zero-order valence-corrected chi connectivity index (χ0v) is 16.8. The average molecular weight is 393 g/mol. The maximum absolute atomic E-state index is 11.6. The number of hydrogen-bond acceptors (Lipinski definition) is 7. The van der Waals surface area contributed by atoms with Gasteiger partial charge in [-0.3, -0.25) is 4.79 Å². The molecule has 0 amide bonds. The molecule has 0 saturated heterocycles. The van der Waals surface area contributed by atoms with E-state index in [1.54, 1.807) is 0 Å². The van der Waals surface area contributed by atoms with Crippen molar-refractivity contribution in [1.29, 1.82) is 0 Å². The molecule has 0 heterocycles. The van der Waals surface area contributed by atoms with E-state index in [1.807, 2.05) is 0 Å². The number of hydrogen-bond donors (Lipinski definition) is 5. The number of aliphatic hydroxyl groups is 5. The van der Waals surface area contributed by atoms with Crippen molar-refractivity contribution < 1.29 is 35.1 Å². The highest BCUT2D eigenvalue weighted by Crippen LogP contribution is 2.12. The van der Waals surface area contributed by atoms with Crippen LogP contribution in [-0.2, 0) is 9.53 Å². The van der Waals surface area contributed by atoms with Crippen molar-refractivity contribution in [2.24, 2.45) is 0 Å². The monoisotopic (exact) mass is 392 g/mol. The van der Waals surface area contributed by atoms with Gasteiger partial charge in [0.25, 0.3) is 0 Å². The van der Waals surface area contributed by atoms with E-state index in [0.29, 0.717) is 0 Å². The fourth-order valence-corrected chi connectivity index (χ4v) is 2.85. The van der Waals surface area contributed by atoms with Gasteiger partial charge in [-0.2, -0.15) is 0 Å². The molecule has 0 radical (unpaired) electrons.